The molecule has 0 saturated heterocycles. The molecular formula is C27H28N4O3S. The van der Waals surface area contributed by atoms with Gasteiger partial charge in [0.15, 0.2) is 0 Å². The van der Waals surface area contributed by atoms with Crippen molar-refractivity contribution in [2.45, 2.75) is 24.3 Å². The van der Waals surface area contributed by atoms with Crippen molar-refractivity contribution >= 4 is 15.9 Å². The van der Waals surface area contributed by atoms with Crippen LogP contribution in [0.25, 0.3) is 11.3 Å². The number of aryl methyl sites for hydroxylation is 1. The molecule has 0 aliphatic rings. The van der Waals surface area contributed by atoms with Gasteiger partial charge in [0.05, 0.1) is 10.6 Å². The first kappa shape index (κ1) is 24.4. The summed E-state index contributed by atoms with van der Waals surface area (Å²) in [5.74, 6) is -0.223. The van der Waals surface area contributed by atoms with Crippen LogP contribution in [-0.4, -0.2) is 43.0 Å². The molecule has 1 aromatic heterocycles. The second-order valence-corrected chi connectivity index (χ2v) is 10.1. The molecule has 1 amide bonds. The molecule has 4 rings (SSSR count). The summed E-state index contributed by atoms with van der Waals surface area (Å²) in [7, 11) is -2.02. The van der Waals surface area contributed by atoms with Crippen molar-refractivity contribution in [1.29, 1.82) is 0 Å². The van der Waals surface area contributed by atoms with Gasteiger partial charge in [0.2, 0.25) is 10.0 Å². The molecule has 180 valence electrons. The van der Waals surface area contributed by atoms with E-state index in [4.69, 9.17) is 0 Å². The summed E-state index contributed by atoms with van der Waals surface area (Å²) in [4.78, 5) is 14.6. The van der Waals surface area contributed by atoms with E-state index in [9.17, 15) is 13.2 Å². The highest BCUT2D eigenvalue weighted by Crippen LogP contribution is 2.18. The lowest BCUT2D eigenvalue weighted by Crippen LogP contribution is -2.28. The Bertz CT molecular complexity index is 1370. The fourth-order valence-corrected chi connectivity index (χ4v) is 4.79. The highest BCUT2D eigenvalue weighted by Gasteiger charge is 2.18. The molecule has 4 aromatic rings. The maximum Gasteiger partial charge on any atom is 0.253 e. The van der Waals surface area contributed by atoms with E-state index in [-0.39, 0.29) is 17.3 Å². The molecule has 0 bridgehead atoms. The summed E-state index contributed by atoms with van der Waals surface area (Å²) in [6, 6.07) is 27.4. The average Bonchev–Trinajstić information content (AvgIpc) is 3.37. The lowest BCUT2D eigenvalue weighted by molar-refractivity contribution is 0.0793. The van der Waals surface area contributed by atoms with E-state index >= 15 is 0 Å². The first-order chi connectivity index (χ1) is 16.9. The number of hydrogen-bond acceptors (Lipinski definition) is 4. The van der Waals surface area contributed by atoms with Crippen molar-refractivity contribution in [2.24, 2.45) is 0 Å². The number of nitrogens with zero attached hydrogens (tertiary/aromatic N) is 2. The smallest absolute Gasteiger partial charge is 0.253 e. The summed E-state index contributed by atoms with van der Waals surface area (Å²) in [5, 5.41) is 7.43. The second kappa shape index (κ2) is 11.1. The average molecular weight is 489 g/mol. The lowest BCUT2D eigenvalue weighted by Gasteiger charge is -2.17. The third-order valence-electron chi connectivity index (χ3n) is 5.69. The molecule has 0 spiro atoms. The zero-order valence-electron chi connectivity index (χ0n) is 19.5. The number of hydrogen-bond donors (Lipinski definition) is 2. The van der Waals surface area contributed by atoms with Crippen LogP contribution in [0.3, 0.4) is 0 Å². The Kier molecular flexibility index (Phi) is 7.74. The third kappa shape index (κ3) is 6.44. The Morgan fingerprint density at radius 2 is 1.66 bits per heavy atom. The molecule has 0 unspecified atom stereocenters. The minimum Gasteiger partial charge on any atom is -0.342 e. The monoisotopic (exact) mass is 488 g/mol. The minimum atomic E-state index is -3.75. The molecular weight excluding hydrogens is 460 g/mol. The predicted octanol–water partition coefficient (Wildman–Crippen LogP) is 4.26. The maximum atomic E-state index is 12.9. The largest absolute Gasteiger partial charge is 0.342 e. The first-order valence-corrected chi connectivity index (χ1v) is 12.9. The van der Waals surface area contributed by atoms with Gasteiger partial charge in [-0.25, -0.2) is 13.1 Å². The van der Waals surface area contributed by atoms with Gasteiger partial charge in [0, 0.05) is 37.0 Å². The number of benzene rings is 3. The molecule has 2 N–H and O–H groups in total. The molecule has 3 aromatic carbocycles. The zero-order chi connectivity index (χ0) is 24.7. The van der Waals surface area contributed by atoms with Crippen molar-refractivity contribution in [3.05, 3.63) is 108 Å². The Morgan fingerprint density at radius 3 is 2.40 bits per heavy atom. The Hall–Kier alpha value is -3.75. The predicted molar refractivity (Wildman–Crippen MR) is 136 cm³/mol. The van der Waals surface area contributed by atoms with Crippen LogP contribution in [0.15, 0.2) is 95.9 Å². The van der Waals surface area contributed by atoms with Crippen LogP contribution in [0.1, 0.15) is 28.0 Å². The van der Waals surface area contributed by atoms with Crippen molar-refractivity contribution in [3.8, 4) is 11.3 Å². The quantitative estimate of drug-likeness (QED) is 0.349. The van der Waals surface area contributed by atoms with Gasteiger partial charge in [-0.15, -0.1) is 0 Å². The van der Waals surface area contributed by atoms with Crippen LogP contribution in [0.5, 0.6) is 0 Å². The highest BCUT2D eigenvalue weighted by atomic mass is 32.2. The van der Waals surface area contributed by atoms with Gasteiger partial charge in [0.25, 0.3) is 5.91 Å². The van der Waals surface area contributed by atoms with Crippen LogP contribution in [0, 0.1) is 0 Å². The fraction of sp³-hybridized carbons (Fsp3) is 0.185. The van der Waals surface area contributed by atoms with Crippen LogP contribution < -0.4 is 4.72 Å². The van der Waals surface area contributed by atoms with E-state index in [0.29, 0.717) is 12.1 Å². The highest BCUT2D eigenvalue weighted by molar-refractivity contribution is 7.89. The molecule has 35 heavy (non-hydrogen) atoms. The normalized spacial score (nSPS) is 11.3. The minimum absolute atomic E-state index is 0.0681. The van der Waals surface area contributed by atoms with Crippen LogP contribution in [-0.2, 0) is 23.0 Å². The molecule has 1 heterocycles. The fourth-order valence-electron chi connectivity index (χ4n) is 3.73. The zero-order valence-corrected chi connectivity index (χ0v) is 20.3. The van der Waals surface area contributed by atoms with Gasteiger partial charge in [-0.05, 0) is 42.7 Å². The third-order valence-corrected chi connectivity index (χ3v) is 7.09. The van der Waals surface area contributed by atoms with E-state index in [1.54, 1.807) is 24.1 Å². The van der Waals surface area contributed by atoms with E-state index in [0.717, 1.165) is 35.4 Å². The van der Waals surface area contributed by atoms with E-state index in [1.807, 2.05) is 66.7 Å². The SMILES string of the molecule is CN(CCCc1cc(-c2ccccc2)n[nH]1)C(=O)c1cccc(S(=O)(=O)NCc2ccccc2)c1. The van der Waals surface area contributed by atoms with Gasteiger partial charge in [0.1, 0.15) is 0 Å². The van der Waals surface area contributed by atoms with E-state index in [2.05, 4.69) is 14.9 Å². The van der Waals surface area contributed by atoms with Gasteiger partial charge in [-0.3, -0.25) is 9.89 Å². The summed E-state index contributed by atoms with van der Waals surface area (Å²) >= 11 is 0. The van der Waals surface area contributed by atoms with Crippen LogP contribution in [0.4, 0.5) is 0 Å². The Labute approximate surface area is 205 Å². The standard InChI is InChI=1S/C27H28N4O3S/c1-31(17-9-15-24-19-26(30-29-24)22-12-6-3-7-13-22)27(32)23-14-8-16-25(18-23)35(33,34)28-20-21-10-4-2-5-11-21/h2-8,10-14,16,18-19,28H,9,15,17,20H2,1H3,(H,29,30). The van der Waals surface area contributed by atoms with Gasteiger partial charge in [-0.2, -0.15) is 5.10 Å². The van der Waals surface area contributed by atoms with E-state index in [1.165, 1.54) is 12.1 Å². The number of carbonyl (C=O) groups excluding carboxylic acids is 1. The topological polar surface area (TPSA) is 95.2 Å². The summed E-state index contributed by atoms with van der Waals surface area (Å²) < 4.78 is 28.1. The summed E-state index contributed by atoms with van der Waals surface area (Å²) in [6.07, 6.45) is 1.49. The molecule has 0 fully saturated rings. The molecule has 0 saturated carbocycles. The van der Waals surface area contributed by atoms with Gasteiger partial charge < -0.3 is 4.90 Å². The number of aromatic nitrogens is 2. The number of rotatable bonds is 10. The van der Waals surface area contributed by atoms with Crippen LogP contribution >= 0.6 is 0 Å². The summed E-state index contributed by atoms with van der Waals surface area (Å²) in [5.41, 5.74) is 4.14. The molecule has 0 aliphatic carbocycles. The van der Waals surface area contributed by atoms with Crippen molar-refractivity contribution in [3.63, 3.8) is 0 Å². The lowest BCUT2D eigenvalue weighted by atomic mass is 10.1. The number of amides is 1. The molecule has 0 aliphatic heterocycles. The molecule has 8 heteroatoms. The van der Waals surface area contributed by atoms with Crippen LogP contribution in [0.2, 0.25) is 0 Å². The Balaban J connectivity index is 1.32. The van der Waals surface area contributed by atoms with Gasteiger partial charge >= 0.3 is 0 Å². The van der Waals surface area contributed by atoms with Gasteiger partial charge in [-0.1, -0.05) is 66.7 Å². The number of nitrogens with one attached hydrogen (secondary N) is 2. The molecule has 0 atom stereocenters. The molecule has 0 radical (unpaired) electrons. The van der Waals surface area contributed by atoms with Crippen molar-refractivity contribution in [1.82, 2.24) is 19.8 Å². The Morgan fingerprint density at radius 1 is 0.943 bits per heavy atom. The second-order valence-electron chi connectivity index (χ2n) is 8.31. The number of sulfonamides is 1. The maximum absolute atomic E-state index is 12.9. The summed E-state index contributed by atoms with van der Waals surface area (Å²) in [6.45, 7) is 0.711. The number of aromatic amines is 1. The van der Waals surface area contributed by atoms with E-state index < -0.39 is 10.0 Å². The van der Waals surface area contributed by atoms with Crippen molar-refractivity contribution in [2.75, 3.05) is 13.6 Å². The number of carbonyl (C=O) groups is 1. The molecule has 7 nitrogen and oxygen atoms in total. The van der Waals surface area contributed by atoms with Crippen molar-refractivity contribution < 1.29 is 13.2 Å². The number of H-pyrrole nitrogens is 1. The first-order valence-electron chi connectivity index (χ1n) is 11.4.